The van der Waals surface area contributed by atoms with E-state index in [4.69, 9.17) is 30.5 Å². The second-order valence-electron chi connectivity index (χ2n) is 8.02. The summed E-state index contributed by atoms with van der Waals surface area (Å²) in [7, 11) is 1.63. The molecule has 2 bridgehead atoms. The number of allylic oxidation sites excluding steroid dienone is 3. The maximum atomic E-state index is 12.4. The van der Waals surface area contributed by atoms with Crippen LogP contribution in [-0.2, 0) is 25.6 Å². The Morgan fingerprint density at radius 3 is 2.74 bits per heavy atom. The monoisotopic (exact) mass is 450 g/mol. The summed E-state index contributed by atoms with van der Waals surface area (Å²) in [5.74, 6) is 0.363. The highest BCUT2D eigenvalue weighted by molar-refractivity contribution is 6.29. The van der Waals surface area contributed by atoms with Gasteiger partial charge in [-0.2, -0.15) is 0 Å². The van der Waals surface area contributed by atoms with Crippen LogP contribution in [0.2, 0.25) is 0 Å². The molecular formula is C24H31ClO6. The smallest absolute Gasteiger partial charge is 0.309 e. The van der Waals surface area contributed by atoms with Crippen molar-refractivity contribution < 1.29 is 28.8 Å². The van der Waals surface area contributed by atoms with Crippen molar-refractivity contribution in [1.29, 1.82) is 0 Å². The third-order valence-corrected chi connectivity index (χ3v) is 5.98. The van der Waals surface area contributed by atoms with Gasteiger partial charge in [0, 0.05) is 11.5 Å². The number of hydrogen-bond donors (Lipinski definition) is 1. The van der Waals surface area contributed by atoms with Crippen LogP contribution in [0.1, 0.15) is 44.6 Å². The van der Waals surface area contributed by atoms with E-state index in [0.29, 0.717) is 32.5 Å². The van der Waals surface area contributed by atoms with Crippen molar-refractivity contribution in [2.75, 3.05) is 13.7 Å². The van der Waals surface area contributed by atoms with Crippen molar-refractivity contribution in [1.82, 2.24) is 0 Å². The lowest BCUT2D eigenvalue weighted by Gasteiger charge is -2.20. The quantitative estimate of drug-likeness (QED) is 0.533. The molecule has 0 amide bonds. The molecule has 0 aliphatic carbocycles. The standard InChI is InChI=1S/C24H31ClO6/c1-16-4-3-5-18(25)8-11-20-12-22(31-24(27)13-21(16)26)23(30-20)15-29-14-17-6-9-19(28-2)10-7-17/h4-7,9-10,20-23,26H,3,8,11-15H2,1-2H3/b16-4+,18-5+/t20-,21-,22-,23-/m0/s1. The number of methoxy groups -OCH3 is 1. The minimum Gasteiger partial charge on any atom is -0.497 e. The highest BCUT2D eigenvalue weighted by atomic mass is 35.5. The van der Waals surface area contributed by atoms with E-state index in [1.54, 1.807) is 14.0 Å². The summed E-state index contributed by atoms with van der Waals surface area (Å²) in [5, 5.41) is 11.0. The van der Waals surface area contributed by atoms with Crippen molar-refractivity contribution in [3.05, 3.63) is 52.6 Å². The topological polar surface area (TPSA) is 74.2 Å². The first-order valence-electron chi connectivity index (χ1n) is 10.7. The zero-order chi connectivity index (χ0) is 22.2. The summed E-state index contributed by atoms with van der Waals surface area (Å²) in [6.45, 7) is 2.54. The van der Waals surface area contributed by atoms with Gasteiger partial charge in [-0.3, -0.25) is 4.79 Å². The van der Waals surface area contributed by atoms with Crippen LogP contribution >= 0.6 is 11.6 Å². The van der Waals surface area contributed by atoms with Crippen molar-refractivity contribution in [3.63, 3.8) is 0 Å². The Morgan fingerprint density at radius 2 is 2.00 bits per heavy atom. The van der Waals surface area contributed by atoms with E-state index in [1.807, 2.05) is 36.4 Å². The fourth-order valence-electron chi connectivity index (χ4n) is 3.72. The Labute approximate surface area is 188 Å². The van der Waals surface area contributed by atoms with Crippen LogP contribution < -0.4 is 4.74 Å². The largest absolute Gasteiger partial charge is 0.497 e. The molecule has 6 nitrogen and oxygen atoms in total. The predicted octanol–water partition coefficient (Wildman–Crippen LogP) is 4.29. The molecule has 1 aromatic rings. The lowest BCUT2D eigenvalue weighted by atomic mass is 10.0. The van der Waals surface area contributed by atoms with Crippen LogP contribution in [0.3, 0.4) is 0 Å². The second kappa shape index (κ2) is 11.7. The number of fused-ring (bicyclic) bond motifs is 2. The molecular weight excluding hydrogens is 420 g/mol. The van der Waals surface area contributed by atoms with Crippen LogP contribution in [-0.4, -0.2) is 49.2 Å². The summed E-state index contributed by atoms with van der Waals surface area (Å²) in [6.07, 6.45) is 4.71. The highest BCUT2D eigenvalue weighted by Gasteiger charge is 2.38. The molecule has 2 aliphatic heterocycles. The first kappa shape index (κ1) is 23.8. The Hall–Kier alpha value is -1.86. The molecule has 0 radical (unpaired) electrons. The molecule has 170 valence electrons. The predicted molar refractivity (Wildman–Crippen MR) is 118 cm³/mol. The van der Waals surface area contributed by atoms with Crippen molar-refractivity contribution >= 4 is 17.6 Å². The van der Waals surface area contributed by atoms with Gasteiger partial charge in [-0.15, -0.1) is 0 Å². The molecule has 31 heavy (non-hydrogen) atoms. The van der Waals surface area contributed by atoms with E-state index < -0.39 is 18.2 Å². The minimum absolute atomic E-state index is 0.0559. The lowest BCUT2D eigenvalue weighted by molar-refractivity contribution is -0.155. The lowest BCUT2D eigenvalue weighted by Crippen LogP contribution is -2.32. The highest BCUT2D eigenvalue weighted by Crippen LogP contribution is 2.29. The molecule has 0 spiro atoms. The average Bonchev–Trinajstić information content (AvgIpc) is 3.13. The van der Waals surface area contributed by atoms with Crippen LogP contribution in [0.15, 0.2) is 47.0 Å². The first-order chi connectivity index (χ1) is 14.9. The number of halogens is 1. The van der Waals surface area contributed by atoms with Crippen LogP contribution in [0.4, 0.5) is 0 Å². The average molecular weight is 451 g/mol. The third kappa shape index (κ3) is 7.35. The van der Waals surface area contributed by atoms with Gasteiger partial charge in [0.25, 0.3) is 0 Å². The van der Waals surface area contributed by atoms with Gasteiger partial charge in [0.1, 0.15) is 18.0 Å². The number of esters is 1. The molecule has 0 unspecified atom stereocenters. The Kier molecular flexibility index (Phi) is 8.96. The molecule has 0 saturated carbocycles. The summed E-state index contributed by atoms with van der Waals surface area (Å²) >= 11 is 6.33. The Morgan fingerprint density at radius 1 is 1.23 bits per heavy atom. The summed E-state index contributed by atoms with van der Waals surface area (Å²) in [6, 6.07) is 7.66. The Bertz CT molecular complexity index is 788. The molecule has 1 saturated heterocycles. The minimum atomic E-state index is -0.870. The van der Waals surface area contributed by atoms with Gasteiger partial charge < -0.3 is 24.1 Å². The SMILES string of the molecule is COc1ccc(COC[C@@H]2O[C@H]3CC/C(Cl)=C\C/C=C(\C)[C@@H](O)CC(=O)O[C@H]2C3)cc1. The normalized spacial score (nSPS) is 31.0. The number of aliphatic hydroxyl groups is 1. The number of hydrogen-bond acceptors (Lipinski definition) is 6. The van der Waals surface area contributed by atoms with E-state index in [9.17, 15) is 9.90 Å². The molecule has 1 N–H and O–H groups in total. The molecule has 7 heteroatoms. The zero-order valence-electron chi connectivity index (χ0n) is 18.1. The van der Waals surface area contributed by atoms with Crippen LogP contribution in [0.25, 0.3) is 0 Å². The number of carbonyl (C=O) groups is 1. The maximum Gasteiger partial charge on any atom is 0.309 e. The molecule has 3 rings (SSSR count). The number of rotatable bonds is 5. The Balaban J connectivity index is 1.61. The number of aliphatic hydroxyl groups excluding tert-OH is 1. The fraction of sp³-hybridized carbons (Fsp3) is 0.542. The van der Waals surface area contributed by atoms with Crippen molar-refractivity contribution in [2.24, 2.45) is 0 Å². The molecule has 0 aromatic heterocycles. The summed E-state index contributed by atoms with van der Waals surface area (Å²) in [5.41, 5.74) is 1.75. The van der Waals surface area contributed by atoms with Gasteiger partial charge in [-0.25, -0.2) is 0 Å². The number of benzene rings is 1. The second-order valence-corrected chi connectivity index (χ2v) is 8.50. The third-order valence-electron chi connectivity index (χ3n) is 5.64. The van der Waals surface area contributed by atoms with Gasteiger partial charge >= 0.3 is 5.97 Å². The number of ether oxygens (including phenoxy) is 4. The van der Waals surface area contributed by atoms with E-state index in [2.05, 4.69) is 0 Å². The molecule has 4 atom stereocenters. The number of carbonyl (C=O) groups excluding carboxylic acids is 1. The molecule has 2 heterocycles. The fourth-order valence-corrected chi connectivity index (χ4v) is 3.92. The van der Waals surface area contributed by atoms with Crippen LogP contribution in [0.5, 0.6) is 5.75 Å². The molecule has 1 aromatic carbocycles. The molecule has 2 aliphatic rings. The van der Waals surface area contributed by atoms with E-state index in [0.717, 1.165) is 28.3 Å². The van der Waals surface area contributed by atoms with Gasteiger partial charge in [-0.1, -0.05) is 35.9 Å². The van der Waals surface area contributed by atoms with E-state index >= 15 is 0 Å². The van der Waals surface area contributed by atoms with Gasteiger partial charge in [0.05, 0.1) is 39.0 Å². The first-order valence-corrected chi connectivity index (χ1v) is 11.1. The van der Waals surface area contributed by atoms with Crippen LogP contribution in [0, 0.1) is 0 Å². The molecule has 1 fully saturated rings. The summed E-state index contributed by atoms with van der Waals surface area (Å²) < 4.78 is 22.8. The van der Waals surface area contributed by atoms with Gasteiger partial charge in [-0.05, 0) is 49.5 Å². The van der Waals surface area contributed by atoms with E-state index in [-0.39, 0.29) is 18.6 Å². The van der Waals surface area contributed by atoms with E-state index in [1.165, 1.54) is 0 Å². The summed E-state index contributed by atoms with van der Waals surface area (Å²) in [4.78, 5) is 12.4. The van der Waals surface area contributed by atoms with Gasteiger partial charge in [0.15, 0.2) is 0 Å². The maximum absolute atomic E-state index is 12.4. The van der Waals surface area contributed by atoms with Crippen molar-refractivity contribution in [3.8, 4) is 5.75 Å². The van der Waals surface area contributed by atoms with Crippen molar-refractivity contribution in [2.45, 2.75) is 70.1 Å². The van der Waals surface area contributed by atoms with Gasteiger partial charge in [0.2, 0.25) is 0 Å². The zero-order valence-corrected chi connectivity index (χ0v) is 18.8.